The Morgan fingerprint density at radius 1 is 0.667 bits per heavy atom. The Balaban J connectivity index is -0.000000372. The predicted octanol–water partition coefficient (Wildman–Crippen LogP) is 5.20. The molecule has 0 saturated carbocycles. The zero-order chi connectivity index (χ0) is 21.5. The molecule has 0 aromatic rings. The number of nitrogens with zero attached hydrogens (tertiary/aromatic N) is 2. The van der Waals surface area contributed by atoms with Crippen molar-refractivity contribution in [1.29, 1.82) is 0 Å². The zero-order valence-corrected chi connectivity index (χ0v) is 22.5. The van der Waals surface area contributed by atoms with E-state index in [1.165, 1.54) is 51.4 Å². The molecule has 0 atom stereocenters. The Morgan fingerprint density at radius 3 is 0.963 bits per heavy atom. The molecule has 0 heterocycles. The Labute approximate surface area is 197 Å². The monoisotopic (exact) mass is 538 g/mol. The van der Waals surface area contributed by atoms with E-state index in [-0.39, 0.29) is 0 Å². The van der Waals surface area contributed by atoms with Gasteiger partial charge in [0.05, 0.1) is 0 Å². The van der Waals surface area contributed by atoms with Gasteiger partial charge in [0, 0.05) is 26.2 Å². The molecule has 0 aliphatic carbocycles. The minimum atomic E-state index is -2.03. The van der Waals surface area contributed by atoms with Gasteiger partial charge in [-0.1, -0.05) is 62.0 Å². The van der Waals surface area contributed by atoms with Crippen LogP contribution in [0.1, 0.15) is 79.1 Å². The molecular formula is C18H36MoN2O2S4. The second kappa shape index (κ2) is 26.5. The average Bonchev–Trinajstić information content (AvgIpc) is 2.62. The van der Waals surface area contributed by atoms with Gasteiger partial charge in [-0.3, -0.25) is 0 Å². The van der Waals surface area contributed by atoms with Gasteiger partial charge < -0.3 is 59.5 Å². The number of hydrogen-bond donors (Lipinski definition) is 0. The Bertz CT molecular complexity index is 350. The molecule has 0 aromatic heterocycles. The molecule has 0 aliphatic heterocycles. The maximum atomic E-state index is 8.50. The topological polar surface area (TPSA) is 40.6 Å². The third-order valence-electron chi connectivity index (χ3n) is 3.64. The molecule has 0 radical (unpaired) electrons. The summed E-state index contributed by atoms with van der Waals surface area (Å²) in [5.74, 6) is 0. The van der Waals surface area contributed by atoms with Crippen LogP contribution in [0, 0.1) is 0 Å². The van der Waals surface area contributed by atoms with Gasteiger partial charge in [-0.05, 0) is 25.7 Å². The summed E-state index contributed by atoms with van der Waals surface area (Å²) in [7, 11) is 0. The SMILES string of the molecule is CCCCN(CCCC)C(=S)[S-].CCCCN(CCCC)C(=S)[S-].[O]=[Mo+2]=[O]. The van der Waals surface area contributed by atoms with E-state index in [4.69, 9.17) is 56.5 Å². The van der Waals surface area contributed by atoms with Crippen LogP contribution in [0.4, 0.5) is 0 Å². The number of hydrogen-bond acceptors (Lipinski definition) is 6. The molecule has 0 rings (SSSR count). The Morgan fingerprint density at radius 2 is 0.852 bits per heavy atom. The molecule has 27 heavy (non-hydrogen) atoms. The first-order chi connectivity index (χ1) is 12.9. The van der Waals surface area contributed by atoms with Gasteiger partial charge in [0.1, 0.15) is 0 Å². The normalized spacial score (nSPS) is 9.04. The van der Waals surface area contributed by atoms with Gasteiger partial charge in [-0.2, -0.15) is 0 Å². The van der Waals surface area contributed by atoms with Gasteiger partial charge in [0.25, 0.3) is 0 Å². The third kappa shape index (κ3) is 26.5. The molecule has 0 saturated heterocycles. The van der Waals surface area contributed by atoms with E-state index < -0.39 is 18.5 Å². The molecule has 0 aliphatic rings. The van der Waals surface area contributed by atoms with E-state index in [1.54, 1.807) is 0 Å². The van der Waals surface area contributed by atoms with Gasteiger partial charge >= 0.3 is 25.3 Å². The molecule has 9 heteroatoms. The molecule has 4 nitrogen and oxygen atoms in total. The predicted molar refractivity (Wildman–Crippen MR) is 124 cm³/mol. The Hall–Kier alpha value is 0.508. The van der Waals surface area contributed by atoms with Gasteiger partial charge in [0.2, 0.25) is 0 Å². The summed E-state index contributed by atoms with van der Waals surface area (Å²) in [5.41, 5.74) is 0. The molecule has 0 unspecified atom stereocenters. The molecule has 0 spiro atoms. The average molecular weight is 537 g/mol. The van der Waals surface area contributed by atoms with Crippen LogP contribution in [0.5, 0.6) is 0 Å². The second-order valence-corrected chi connectivity index (χ2v) is 8.39. The number of thiocarbonyl (C=S) groups is 2. The van der Waals surface area contributed by atoms with Crippen LogP contribution >= 0.6 is 24.4 Å². The van der Waals surface area contributed by atoms with Gasteiger partial charge in [0.15, 0.2) is 0 Å². The van der Waals surface area contributed by atoms with Crippen LogP contribution in [0.3, 0.4) is 0 Å². The standard InChI is InChI=1S/2C9H19NS2.Mo.2O/c2*1-3-5-7-10(9(11)12)8-6-4-2;;;/h2*3-8H2,1-2H3,(H,11,12);;;/q;;+2;;/p-2. The molecule has 0 fully saturated rings. The van der Waals surface area contributed by atoms with Gasteiger partial charge in [-0.25, -0.2) is 0 Å². The first-order valence-electron chi connectivity index (χ1n) is 9.69. The van der Waals surface area contributed by atoms with Gasteiger partial charge in [-0.15, -0.1) is 0 Å². The van der Waals surface area contributed by atoms with Crippen LogP contribution in [0.2, 0.25) is 0 Å². The van der Waals surface area contributed by atoms with Crippen molar-refractivity contribution >= 4 is 58.3 Å². The van der Waals surface area contributed by atoms with E-state index in [0.29, 0.717) is 8.64 Å². The molecular weight excluding hydrogens is 500 g/mol. The molecule has 0 N–H and O–H groups in total. The number of rotatable bonds is 12. The van der Waals surface area contributed by atoms with E-state index in [0.717, 1.165) is 26.2 Å². The van der Waals surface area contributed by atoms with Crippen molar-refractivity contribution in [3.8, 4) is 0 Å². The van der Waals surface area contributed by atoms with Crippen molar-refractivity contribution in [1.82, 2.24) is 9.80 Å². The van der Waals surface area contributed by atoms with E-state index in [1.807, 2.05) is 0 Å². The van der Waals surface area contributed by atoms with Crippen molar-refractivity contribution in [2.75, 3.05) is 26.2 Å². The summed E-state index contributed by atoms with van der Waals surface area (Å²) in [6.07, 6.45) is 9.62. The summed E-state index contributed by atoms with van der Waals surface area (Å²) in [6, 6.07) is 0. The number of unbranched alkanes of at least 4 members (excludes halogenated alkanes) is 4. The van der Waals surface area contributed by atoms with Crippen LogP contribution in [0.15, 0.2) is 0 Å². The van der Waals surface area contributed by atoms with Crippen molar-refractivity contribution in [3.05, 3.63) is 0 Å². The molecule has 0 amide bonds. The summed E-state index contributed by atoms with van der Waals surface area (Å²) < 4.78 is 18.3. The summed E-state index contributed by atoms with van der Waals surface area (Å²) in [4.78, 5) is 4.27. The fourth-order valence-corrected chi connectivity index (χ4v) is 2.71. The first-order valence-corrected chi connectivity index (χ1v) is 13.0. The van der Waals surface area contributed by atoms with Crippen molar-refractivity contribution in [3.63, 3.8) is 0 Å². The van der Waals surface area contributed by atoms with E-state index >= 15 is 0 Å². The fourth-order valence-electron chi connectivity index (χ4n) is 1.98. The van der Waals surface area contributed by atoms with Crippen LogP contribution in [-0.4, -0.2) is 44.6 Å². The second-order valence-electron chi connectivity index (χ2n) is 5.99. The fraction of sp³-hybridized carbons (Fsp3) is 0.889. The van der Waals surface area contributed by atoms with Crippen LogP contribution in [0.25, 0.3) is 0 Å². The maximum absolute atomic E-state index is 8.50. The minimum absolute atomic E-state index is 0.636. The van der Waals surface area contributed by atoms with Crippen LogP contribution in [-0.2, 0) is 50.5 Å². The van der Waals surface area contributed by atoms with Crippen molar-refractivity contribution < 1.29 is 25.3 Å². The Kier molecular flexibility index (Phi) is 31.6. The van der Waals surface area contributed by atoms with Crippen molar-refractivity contribution in [2.24, 2.45) is 0 Å². The van der Waals surface area contributed by atoms with E-state index in [9.17, 15) is 0 Å². The zero-order valence-electron chi connectivity index (χ0n) is 17.2. The summed E-state index contributed by atoms with van der Waals surface area (Å²) in [5, 5.41) is 0. The first kappa shape index (κ1) is 32.2. The molecule has 0 aromatic carbocycles. The molecule has 160 valence electrons. The van der Waals surface area contributed by atoms with Crippen LogP contribution < -0.4 is 0 Å². The summed E-state index contributed by atoms with van der Waals surface area (Å²) in [6.45, 7) is 12.9. The summed E-state index contributed by atoms with van der Waals surface area (Å²) >= 11 is 17.9. The van der Waals surface area contributed by atoms with E-state index in [2.05, 4.69) is 37.5 Å². The molecule has 0 bridgehead atoms. The van der Waals surface area contributed by atoms with Crippen molar-refractivity contribution in [2.45, 2.75) is 79.1 Å². The third-order valence-corrected chi connectivity index (χ3v) is 4.68. The quantitative estimate of drug-likeness (QED) is 0.192.